The van der Waals surface area contributed by atoms with Crippen LogP contribution in [0, 0.1) is 6.92 Å². The lowest BCUT2D eigenvalue weighted by molar-refractivity contribution is 0.621. The van der Waals surface area contributed by atoms with Crippen LogP contribution in [0.3, 0.4) is 0 Å². The smallest absolute Gasteiger partial charge is 0.290 e. The maximum Gasteiger partial charge on any atom is 0.290 e. The molecule has 4 aromatic rings. The van der Waals surface area contributed by atoms with Gasteiger partial charge in [0, 0.05) is 41.5 Å². The van der Waals surface area contributed by atoms with Crippen LogP contribution in [0.15, 0.2) is 66.0 Å². The number of nitrogens with one attached hydrogen (secondary N) is 1. The van der Waals surface area contributed by atoms with Gasteiger partial charge in [0.15, 0.2) is 0 Å². The molecule has 6 nitrogen and oxygen atoms in total. The fraction of sp³-hybridized carbons (Fsp3) is 0.143. The van der Waals surface area contributed by atoms with Crippen LogP contribution >= 0.6 is 0 Å². The highest BCUT2D eigenvalue weighted by atomic mass is 16.1. The van der Waals surface area contributed by atoms with E-state index in [0.717, 1.165) is 27.6 Å². The van der Waals surface area contributed by atoms with Gasteiger partial charge in [-0.2, -0.15) is 5.10 Å². The molecule has 3 aromatic heterocycles. The van der Waals surface area contributed by atoms with Crippen molar-refractivity contribution in [3.63, 3.8) is 0 Å². The van der Waals surface area contributed by atoms with Crippen LogP contribution < -0.4 is 10.9 Å². The van der Waals surface area contributed by atoms with Crippen LogP contribution in [-0.4, -0.2) is 19.7 Å². The van der Waals surface area contributed by atoms with Crippen molar-refractivity contribution in [2.24, 2.45) is 0 Å². The fourth-order valence-electron chi connectivity index (χ4n) is 3.04. The molecule has 0 saturated carbocycles. The zero-order chi connectivity index (χ0) is 18.8. The van der Waals surface area contributed by atoms with Crippen molar-refractivity contribution in [1.29, 1.82) is 0 Å². The van der Waals surface area contributed by atoms with Crippen molar-refractivity contribution in [1.82, 2.24) is 19.7 Å². The summed E-state index contributed by atoms with van der Waals surface area (Å²) in [4.78, 5) is 21.3. The molecule has 6 heteroatoms. The average Bonchev–Trinajstić information content (AvgIpc) is 2.70. The topological polar surface area (TPSA) is 72.7 Å². The Hall–Kier alpha value is -3.54. The normalized spacial score (nSPS) is 10.9. The standard InChI is InChI=1S/C21H19N5O/c1-3-26-21(27)19(9-18(25-26)16-8-14(2)10-22-12-16)24-20-13-23-11-15-6-4-5-7-17(15)20/h4-13,24H,3H2,1-2H3. The molecular formula is C21H19N5O. The molecule has 0 fully saturated rings. The van der Waals surface area contributed by atoms with Gasteiger partial charge in [-0.25, -0.2) is 4.68 Å². The summed E-state index contributed by atoms with van der Waals surface area (Å²) in [6, 6.07) is 11.7. The van der Waals surface area contributed by atoms with Crippen molar-refractivity contribution in [2.75, 3.05) is 5.32 Å². The summed E-state index contributed by atoms with van der Waals surface area (Å²) < 4.78 is 1.46. The number of aryl methyl sites for hydroxylation is 2. The van der Waals surface area contributed by atoms with E-state index in [1.165, 1.54) is 4.68 Å². The van der Waals surface area contributed by atoms with Gasteiger partial charge in [-0.05, 0) is 31.5 Å². The van der Waals surface area contributed by atoms with E-state index >= 15 is 0 Å². The van der Waals surface area contributed by atoms with E-state index in [1.807, 2.05) is 44.2 Å². The minimum atomic E-state index is -0.171. The lowest BCUT2D eigenvalue weighted by Gasteiger charge is -2.12. The molecule has 0 saturated heterocycles. The number of nitrogens with zero attached hydrogens (tertiary/aromatic N) is 4. The van der Waals surface area contributed by atoms with Crippen LogP contribution in [0.25, 0.3) is 22.0 Å². The highest BCUT2D eigenvalue weighted by Crippen LogP contribution is 2.25. The van der Waals surface area contributed by atoms with Gasteiger partial charge in [0.1, 0.15) is 5.69 Å². The molecule has 134 valence electrons. The molecule has 0 unspecified atom stereocenters. The van der Waals surface area contributed by atoms with E-state index in [4.69, 9.17) is 0 Å². The van der Waals surface area contributed by atoms with Crippen LogP contribution in [0.5, 0.6) is 0 Å². The van der Waals surface area contributed by atoms with Gasteiger partial charge in [0.2, 0.25) is 0 Å². The van der Waals surface area contributed by atoms with Crippen molar-refractivity contribution >= 4 is 22.1 Å². The SMILES string of the molecule is CCn1nc(-c2cncc(C)c2)cc(Nc2cncc3ccccc23)c1=O. The Kier molecular flexibility index (Phi) is 4.38. The van der Waals surface area contributed by atoms with Gasteiger partial charge in [0.25, 0.3) is 5.56 Å². The minimum Gasteiger partial charge on any atom is -0.349 e. The molecule has 0 bridgehead atoms. The summed E-state index contributed by atoms with van der Waals surface area (Å²) in [6.07, 6.45) is 7.08. The highest BCUT2D eigenvalue weighted by molar-refractivity contribution is 5.94. The van der Waals surface area contributed by atoms with E-state index in [-0.39, 0.29) is 5.56 Å². The molecule has 1 N–H and O–H groups in total. The minimum absolute atomic E-state index is 0.171. The molecule has 4 rings (SSSR count). The largest absolute Gasteiger partial charge is 0.349 e. The monoisotopic (exact) mass is 357 g/mol. The number of aromatic nitrogens is 4. The average molecular weight is 357 g/mol. The zero-order valence-corrected chi connectivity index (χ0v) is 15.2. The molecule has 27 heavy (non-hydrogen) atoms. The molecule has 0 radical (unpaired) electrons. The summed E-state index contributed by atoms with van der Waals surface area (Å²) in [5.74, 6) is 0. The van der Waals surface area contributed by atoms with Gasteiger partial charge in [-0.15, -0.1) is 0 Å². The Labute approximate surface area is 156 Å². The molecule has 0 aliphatic carbocycles. The van der Waals surface area contributed by atoms with E-state index in [9.17, 15) is 4.79 Å². The molecule has 0 aliphatic heterocycles. The first-order valence-electron chi connectivity index (χ1n) is 8.79. The predicted octanol–water partition coefficient (Wildman–Crippen LogP) is 3.93. The summed E-state index contributed by atoms with van der Waals surface area (Å²) in [5, 5.41) is 9.75. The second-order valence-electron chi connectivity index (χ2n) is 6.35. The van der Waals surface area contributed by atoms with Crippen LogP contribution in [0.2, 0.25) is 0 Å². The number of hydrogen-bond donors (Lipinski definition) is 1. The third-order valence-corrected chi connectivity index (χ3v) is 4.38. The Morgan fingerprint density at radius 2 is 1.81 bits per heavy atom. The van der Waals surface area contributed by atoms with E-state index in [0.29, 0.717) is 17.9 Å². The second kappa shape index (κ2) is 6.99. The van der Waals surface area contributed by atoms with E-state index in [1.54, 1.807) is 30.9 Å². The van der Waals surface area contributed by atoms with E-state index < -0.39 is 0 Å². The van der Waals surface area contributed by atoms with Crippen molar-refractivity contribution in [3.05, 3.63) is 77.1 Å². The fourth-order valence-corrected chi connectivity index (χ4v) is 3.04. The number of pyridine rings is 2. The van der Waals surface area contributed by atoms with Crippen LogP contribution in [0.1, 0.15) is 12.5 Å². The number of anilines is 2. The maximum absolute atomic E-state index is 12.8. The Morgan fingerprint density at radius 1 is 1.00 bits per heavy atom. The summed E-state index contributed by atoms with van der Waals surface area (Å²) in [6.45, 7) is 4.36. The first-order chi connectivity index (χ1) is 13.2. The molecular weight excluding hydrogens is 338 g/mol. The van der Waals surface area contributed by atoms with Crippen molar-refractivity contribution in [2.45, 2.75) is 20.4 Å². The molecule has 1 aromatic carbocycles. The van der Waals surface area contributed by atoms with Gasteiger partial charge in [-0.3, -0.25) is 14.8 Å². The lowest BCUT2D eigenvalue weighted by Crippen LogP contribution is -2.24. The Bertz CT molecular complexity index is 1180. The second-order valence-corrected chi connectivity index (χ2v) is 6.35. The van der Waals surface area contributed by atoms with Gasteiger partial charge in [0.05, 0.1) is 17.6 Å². The third-order valence-electron chi connectivity index (χ3n) is 4.38. The lowest BCUT2D eigenvalue weighted by atomic mass is 10.1. The highest BCUT2D eigenvalue weighted by Gasteiger charge is 2.11. The molecule has 3 heterocycles. The summed E-state index contributed by atoms with van der Waals surface area (Å²) >= 11 is 0. The summed E-state index contributed by atoms with van der Waals surface area (Å²) in [7, 11) is 0. The first kappa shape index (κ1) is 16.9. The first-order valence-corrected chi connectivity index (χ1v) is 8.79. The molecule has 0 aliphatic rings. The van der Waals surface area contributed by atoms with Crippen LogP contribution in [-0.2, 0) is 6.54 Å². The quantitative estimate of drug-likeness (QED) is 0.599. The van der Waals surface area contributed by atoms with Gasteiger partial charge < -0.3 is 5.32 Å². The Morgan fingerprint density at radius 3 is 2.63 bits per heavy atom. The molecule has 0 amide bonds. The van der Waals surface area contributed by atoms with Crippen molar-refractivity contribution in [3.8, 4) is 11.3 Å². The maximum atomic E-state index is 12.8. The number of hydrogen-bond acceptors (Lipinski definition) is 5. The molecule has 0 atom stereocenters. The third kappa shape index (κ3) is 3.29. The van der Waals surface area contributed by atoms with Crippen molar-refractivity contribution < 1.29 is 0 Å². The number of fused-ring (bicyclic) bond motifs is 1. The van der Waals surface area contributed by atoms with Crippen LogP contribution in [0.4, 0.5) is 11.4 Å². The van der Waals surface area contributed by atoms with Gasteiger partial charge >= 0.3 is 0 Å². The summed E-state index contributed by atoms with van der Waals surface area (Å²) in [5.41, 5.74) is 3.68. The van der Waals surface area contributed by atoms with Gasteiger partial charge in [-0.1, -0.05) is 24.3 Å². The Balaban J connectivity index is 1.84. The number of rotatable bonds is 4. The van der Waals surface area contributed by atoms with E-state index in [2.05, 4.69) is 20.4 Å². The predicted molar refractivity (Wildman–Crippen MR) is 107 cm³/mol. The number of benzene rings is 1. The molecule has 0 spiro atoms. The zero-order valence-electron chi connectivity index (χ0n) is 15.2.